The molecular weight excluding hydrogens is 345 g/mol. The molecule has 0 atom stereocenters. The monoisotopic (exact) mass is 370 g/mol. The number of carbonyl (C=O) groups is 1. The van der Waals surface area contributed by atoms with Gasteiger partial charge in [-0.2, -0.15) is 13.2 Å². The van der Waals surface area contributed by atoms with Crippen molar-refractivity contribution in [1.29, 1.82) is 0 Å². The van der Waals surface area contributed by atoms with E-state index in [1.807, 2.05) is 0 Å². The Morgan fingerprint density at radius 1 is 1.19 bits per heavy atom. The van der Waals surface area contributed by atoms with E-state index >= 15 is 0 Å². The number of halogens is 3. The van der Waals surface area contributed by atoms with Crippen molar-refractivity contribution in [2.45, 2.75) is 63.6 Å². The van der Waals surface area contributed by atoms with Crippen LogP contribution in [0.3, 0.4) is 0 Å². The molecule has 1 saturated carbocycles. The van der Waals surface area contributed by atoms with E-state index in [9.17, 15) is 18.0 Å². The molecule has 1 aliphatic carbocycles. The highest BCUT2D eigenvalue weighted by atomic mass is 19.4. The predicted octanol–water partition coefficient (Wildman–Crippen LogP) is 2.87. The molecule has 1 aliphatic heterocycles. The minimum atomic E-state index is -4.49. The Bertz CT molecular complexity index is 650. The van der Waals surface area contributed by atoms with Crippen LogP contribution in [0, 0.1) is 6.92 Å². The van der Waals surface area contributed by atoms with Gasteiger partial charge in [-0.05, 0) is 51.8 Å². The average Bonchev–Trinajstić information content (AvgIpc) is 3.25. The normalized spacial score (nSPS) is 20.5. The van der Waals surface area contributed by atoms with Gasteiger partial charge < -0.3 is 5.32 Å². The van der Waals surface area contributed by atoms with Crippen molar-refractivity contribution in [2.75, 3.05) is 19.6 Å². The lowest BCUT2D eigenvalue weighted by atomic mass is 9.94. The Kier molecular flexibility index (Phi) is 5.50. The lowest BCUT2D eigenvalue weighted by Gasteiger charge is -2.37. The minimum Gasteiger partial charge on any atom is -0.354 e. The molecule has 26 heavy (non-hydrogen) atoms. The molecule has 1 aromatic rings. The first kappa shape index (κ1) is 19.1. The summed E-state index contributed by atoms with van der Waals surface area (Å²) in [6, 6.07) is 0.934. The quantitative estimate of drug-likeness (QED) is 0.866. The Hall–Kier alpha value is -1.70. The van der Waals surface area contributed by atoms with Crippen LogP contribution in [0.5, 0.6) is 0 Å². The molecule has 0 radical (unpaired) electrons. The van der Waals surface area contributed by atoms with Crippen LogP contribution >= 0.6 is 0 Å². The van der Waals surface area contributed by atoms with E-state index in [0.717, 1.165) is 57.7 Å². The number of amides is 1. The van der Waals surface area contributed by atoms with E-state index in [-0.39, 0.29) is 30.4 Å². The predicted molar refractivity (Wildman–Crippen MR) is 90.5 cm³/mol. The largest absolute Gasteiger partial charge is 0.433 e. The van der Waals surface area contributed by atoms with Gasteiger partial charge in [-0.25, -0.2) is 9.97 Å². The summed E-state index contributed by atoms with van der Waals surface area (Å²) in [7, 11) is 0. The van der Waals surface area contributed by atoms with Gasteiger partial charge >= 0.3 is 6.18 Å². The Labute approximate surface area is 151 Å². The van der Waals surface area contributed by atoms with Gasteiger partial charge in [-0.3, -0.25) is 9.69 Å². The van der Waals surface area contributed by atoms with Crippen LogP contribution < -0.4 is 5.32 Å². The molecule has 1 aromatic heterocycles. The third-order valence-corrected chi connectivity index (χ3v) is 5.39. The number of hydrogen-bond donors (Lipinski definition) is 1. The van der Waals surface area contributed by atoms with Gasteiger partial charge in [0.15, 0.2) is 0 Å². The van der Waals surface area contributed by atoms with E-state index in [1.54, 1.807) is 0 Å². The molecule has 5 nitrogen and oxygen atoms in total. The number of likely N-dealkylation sites (tertiary alicyclic amines) is 1. The molecule has 3 rings (SSSR count). The summed E-state index contributed by atoms with van der Waals surface area (Å²) in [5.41, 5.74) is -1.09. The smallest absolute Gasteiger partial charge is 0.354 e. The zero-order valence-corrected chi connectivity index (χ0v) is 15.0. The van der Waals surface area contributed by atoms with E-state index in [2.05, 4.69) is 20.2 Å². The lowest BCUT2D eigenvalue weighted by molar-refractivity contribution is -0.141. The van der Waals surface area contributed by atoms with Crippen molar-refractivity contribution in [3.63, 3.8) is 0 Å². The molecule has 0 aromatic carbocycles. The van der Waals surface area contributed by atoms with Gasteiger partial charge in [0.05, 0.1) is 0 Å². The second-order valence-electron chi connectivity index (χ2n) is 7.25. The number of aromatic nitrogens is 2. The van der Waals surface area contributed by atoms with Crippen LogP contribution in [0.25, 0.3) is 0 Å². The van der Waals surface area contributed by atoms with Crippen molar-refractivity contribution in [3.8, 4) is 0 Å². The Balaban J connectivity index is 1.62. The third kappa shape index (κ3) is 4.00. The molecule has 1 amide bonds. The molecule has 2 aliphatic rings. The van der Waals surface area contributed by atoms with Crippen molar-refractivity contribution in [1.82, 2.24) is 20.2 Å². The highest BCUT2D eigenvalue weighted by Crippen LogP contribution is 2.37. The lowest BCUT2D eigenvalue weighted by Crippen LogP contribution is -2.56. The van der Waals surface area contributed by atoms with Gasteiger partial charge in [-0.1, -0.05) is 12.8 Å². The molecule has 144 valence electrons. The molecule has 8 heteroatoms. The van der Waals surface area contributed by atoms with Crippen LogP contribution in [0.1, 0.15) is 55.7 Å². The van der Waals surface area contributed by atoms with Crippen LogP contribution in [-0.4, -0.2) is 45.9 Å². The molecule has 0 bridgehead atoms. The topological polar surface area (TPSA) is 58.1 Å². The number of alkyl halides is 3. The Morgan fingerprint density at radius 2 is 1.85 bits per heavy atom. The van der Waals surface area contributed by atoms with Crippen LogP contribution in [0.2, 0.25) is 0 Å². The molecule has 1 N–H and O–H groups in total. The molecular formula is C18H25F3N4O. The summed E-state index contributed by atoms with van der Waals surface area (Å²) in [6.45, 7) is 3.65. The van der Waals surface area contributed by atoms with Crippen LogP contribution in [0.4, 0.5) is 13.2 Å². The van der Waals surface area contributed by atoms with Gasteiger partial charge in [0.1, 0.15) is 17.1 Å². The molecule has 1 saturated heterocycles. The summed E-state index contributed by atoms with van der Waals surface area (Å²) in [5.74, 6) is 0.111. The maximum Gasteiger partial charge on any atom is 0.433 e. The van der Waals surface area contributed by atoms with E-state index in [4.69, 9.17) is 0 Å². The second kappa shape index (κ2) is 7.50. The van der Waals surface area contributed by atoms with Crippen LogP contribution in [-0.2, 0) is 17.4 Å². The summed E-state index contributed by atoms with van der Waals surface area (Å²) < 4.78 is 38.6. The fourth-order valence-electron chi connectivity index (χ4n) is 4.13. The third-order valence-electron chi connectivity index (χ3n) is 5.39. The first-order chi connectivity index (χ1) is 12.3. The number of carbonyl (C=O) groups excluding carboxylic acids is 1. The Morgan fingerprint density at radius 3 is 2.46 bits per heavy atom. The fourth-order valence-corrected chi connectivity index (χ4v) is 4.13. The SMILES string of the molecule is Cc1cc(C(F)(F)F)nc(CCNC(=O)C2(N3CCCC3)CCCC2)n1. The molecule has 0 unspecified atom stereocenters. The summed E-state index contributed by atoms with van der Waals surface area (Å²) in [4.78, 5) is 22.8. The van der Waals surface area contributed by atoms with Crippen molar-refractivity contribution >= 4 is 5.91 Å². The number of aryl methyl sites for hydroxylation is 1. The molecule has 0 spiro atoms. The second-order valence-corrected chi connectivity index (χ2v) is 7.25. The summed E-state index contributed by atoms with van der Waals surface area (Å²) in [5, 5.41) is 2.93. The first-order valence-corrected chi connectivity index (χ1v) is 9.26. The van der Waals surface area contributed by atoms with E-state index in [1.165, 1.54) is 6.92 Å². The summed E-state index contributed by atoms with van der Waals surface area (Å²) in [6.07, 6.45) is 1.73. The minimum absolute atomic E-state index is 0.000554. The number of nitrogens with one attached hydrogen (secondary N) is 1. The van der Waals surface area contributed by atoms with Crippen molar-refractivity contribution in [2.24, 2.45) is 0 Å². The van der Waals surface area contributed by atoms with Gasteiger partial charge in [0.25, 0.3) is 0 Å². The number of hydrogen-bond acceptors (Lipinski definition) is 4. The van der Waals surface area contributed by atoms with E-state index < -0.39 is 17.4 Å². The average molecular weight is 370 g/mol. The standard InChI is InChI=1S/C18H25F3N4O/c1-13-12-14(18(19,20)21)24-15(23-13)6-9-22-16(26)17(7-2-3-8-17)25-10-4-5-11-25/h12H,2-11H2,1H3,(H,22,26). The van der Waals surface area contributed by atoms with Gasteiger partial charge in [0.2, 0.25) is 5.91 Å². The van der Waals surface area contributed by atoms with Crippen LogP contribution in [0.15, 0.2) is 6.07 Å². The maximum atomic E-state index is 12.9. The fraction of sp³-hybridized carbons (Fsp3) is 0.722. The maximum absolute atomic E-state index is 12.9. The van der Waals surface area contributed by atoms with Gasteiger partial charge in [-0.15, -0.1) is 0 Å². The van der Waals surface area contributed by atoms with Gasteiger partial charge in [0, 0.05) is 18.7 Å². The molecule has 2 heterocycles. The number of nitrogens with zero attached hydrogens (tertiary/aromatic N) is 3. The number of rotatable bonds is 5. The highest BCUT2D eigenvalue weighted by Gasteiger charge is 2.46. The zero-order chi connectivity index (χ0) is 18.8. The van der Waals surface area contributed by atoms with Crippen molar-refractivity contribution < 1.29 is 18.0 Å². The first-order valence-electron chi connectivity index (χ1n) is 9.26. The highest BCUT2D eigenvalue weighted by molar-refractivity contribution is 5.86. The van der Waals surface area contributed by atoms with Crippen molar-refractivity contribution in [3.05, 3.63) is 23.3 Å². The summed E-state index contributed by atoms with van der Waals surface area (Å²) >= 11 is 0. The van der Waals surface area contributed by atoms with E-state index in [0.29, 0.717) is 0 Å². The zero-order valence-electron chi connectivity index (χ0n) is 15.0. The molecule has 2 fully saturated rings.